The maximum absolute atomic E-state index is 11.2. The Morgan fingerprint density at radius 3 is 2.14 bits per heavy atom. The van der Waals surface area contributed by atoms with Crippen LogP contribution < -0.4 is 5.32 Å². The van der Waals surface area contributed by atoms with Crippen LogP contribution in [0.1, 0.15) is 32.6 Å². The summed E-state index contributed by atoms with van der Waals surface area (Å²) < 4.78 is 22.4. The van der Waals surface area contributed by atoms with Gasteiger partial charge >= 0.3 is 0 Å². The lowest BCUT2D eigenvalue weighted by Gasteiger charge is -2.37. The lowest BCUT2D eigenvalue weighted by Crippen LogP contribution is -2.48. The molecule has 1 heterocycles. The molecule has 14 heavy (non-hydrogen) atoms. The number of nitrogens with one attached hydrogen (secondary N) is 1. The lowest BCUT2D eigenvalue weighted by atomic mass is 9.81. The van der Waals surface area contributed by atoms with Crippen LogP contribution in [0.15, 0.2) is 0 Å². The number of hydrogen-bond donors (Lipinski definition) is 1. The molecule has 0 spiro atoms. The Morgan fingerprint density at radius 1 is 1.07 bits per heavy atom. The van der Waals surface area contributed by atoms with E-state index >= 15 is 0 Å². The second-order valence-corrected chi connectivity index (χ2v) is 7.17. The van der Waals surface area contributed by atoms with Gasteiger partial charge in [0.25, 0.3) is 0 Å². The first-order valence-corrected chi connectivity index (χ1v) is 7.34. The minimum atomic E-state index is -2.69. The van der Waals surface area contributed by atoms with Gasteiger partial charge in [0.2, 0.25) is 0 Å². The van der Waals surface area contributed by atoms with Gasteiger partial charge in [-0.25, -0.2) is 8.42 Å². The summed E-state index contributed by atoms with van der Waals surface area (Å²) in [7, 11) is -2.69. The highest BCUT2D eigenvalue weighted by atomic mass is 32.2. The zero-order chi connectivity index (χ0) is 10.2. The van der Waals surface area contributed by atoms with Gasteiger partial charge in [-0.1, -0.05) is 6.92 Å². The minimum Gasteiger partial charge on any atom is -0.311 e. The Hall–Kier alpha value is -0.0900. The molecule has 3 nitrogen and oxygen atoms in total. The first-order valence-electron chi connectivity index (χ1n) is 5.51. The third-order valence-corrected chi connectivity index (χ3v) is 5.12. The van der Waals surface area contributed by atoms with Crippen molar-refractivity contribution in [2.45, 2.75) is 44.7 Å². The van der Waals surface area contributed by atoms with Crippen molar-refractivity contribution in [3.63, 3.8) is 0 Å². The summed E-state index contributed by atoms with van der Waals surface area (Å²) in [6.45, 7) is 2.27. The van der Waals surface area contributed by atoms with Crippen molar-refractivity contribution in [1.29, 1.82) is 0 Å². The minimum absolute atomic E-state index is 0.382. The highest BCUT2D eigenvalue weighted by Gasteiger charge is 2.30. The molecule has 0 unspecified atom stereocenters. The van der Waals surface area contributed by atoms with E-state index in [-0.39, 0.29) is 0 Å². The van der Waals surface area contributed by atoms with Gasteiger partial charge < -0.3 is 5.32 Å². The Labute approximate surface area is 86.2 Å². The molecule has 82 valence electrons. The Balaban J connectivity index is 1.74. The van der Waals surface area contributed by atoms with Gasteiger partial charge in [0.05, 0.1) is 11.5 Å². The van der Waals surface area contributed by atoms with Gasteiger partial charge in [0, 0.05) is 12.1 Å². The summed E-state index contributed by atoms with van der Waals surface area (Å²) in [5.41, 5.74) is 0. The van der Waals surface area contributed by atoms with Crippen LogP contribution in [0.5, 0.6) is 0 Å². The van der Waals surface area contributed by atoms with Gasteiger partial charge in [0.1, 0.15) is 9.84 Å². The fraction of sp³-hybridized carbons (Fsp3) is 1.00. The Kier molecular flexibility index (Phi) is 2.84. The molecule has 0 aromatic carbocycles. The van der Waals surface area contributed by atoms with Crippen LogP contribution in [0.3, 0.4) is 0 Å². The van der Waals surface area contributed by atoms with Gasteiger partial charge in [-0.2, -0.15) is 0 Å². The third-order valence-electron chi connectivity index (χ3n) is 3.40. The molecule has 0 aromatic heterocycles. The highest BCUT2D eigenvalue weighted by Crippen LogP contribution is 2.27. The summed E-state index contributed by atoms with van der Waals surface area (Å²) in [5, 5.41) is 3.56. The van der Waals surface area contributed by atoms with Gasteiger partial charge in [-0.15, -0.1) is 0 Å². The Morgan fingerprint density at radius 2 is 1.64 bits per heavy atom. The fourth-order valence-electron chi connectivity index (χ4n) is 2.43. The van der Waals surface area contributed by atoms with E-state index < -0.39 is 9.84 Å². The van der Waals surface area contributed by atoms with Crippen molar-refractivity contribution in [2.75, 3.05) is 11.5 Å². The van der Waals surface area contributed by atoms with Crippen molar-refractivity contribution in [2.24, 2.45) is 5.92 Å². The zero-order valence-electron chi connectivity index (χ0n) is 8.70. The van der Waals surface area contributed by atoms with E-state index in [0.717, 1.165) is 18.8 Å². The van der Waals surface area contributed by atoms with E-state index in [1.807, 2.05) is 0 Å². The normalized spacial score (nSPS) is 37.8. The van der Waals surface area contributed by atoms with Crippen LogP contribution in [0.25, 0.3) is 0 Å². The van der Waals surface area contributed by atoms with E-state index in [0.29, 0.717) is 23.6 Å². The van der Waals surface area contributed by atoms with E-state index in [1.54, 1.807) is 0 Å². The van der Waals surface area contributed by atoms with Crippen molar-refractivity contribution in [3.8, 4) is 0 Å². The fourth-order valence-corrected chi connectivity index (χ4v) is 3.92. The number of sulfone groups is 1. The smallest absolute Gasteiger partial charge is 0.150 e. The SMILES string of the molecule is CC1CC(NC2CCS(=O)(=O)CC2)C1. The molecule has 0 bridgehead atoms. The molecule has 2 rings (SSSR count). The van der Waals surface area contributed by atoms with Gasteiger partial charge in [-0.05, 0) is 31.6 Å². The van der Waals surface area contributed by atoms with Crippen LogP contribution in [-0.2, 0) is 9.84 Å². The van der Waals surface area contributed by atoms with E-state index in [2.05, 4.69) is 12.2 Å². The molecule has 1 N–H and O–H groups in total. The summed E-state index contributed by atoms with van der Waals surface area (Å²) >= 11 is 0. The van der Waals surface area contributed by atoms with Crippen LogP contribution in [0, 0.1) is 5.92 Å². The molecular weight excluding hydrogens is 198 g/mol. The molecule has 1 saturated carbocycles. The predicted molar refractivity (Wildman–Crippen MR) is 57.0 cm³/mol. The second kappa shape index (κ2) is 3.81. The average Bonchev–Trinajstić information content (AvgIpc) is 2.06. The molecule has 2 aliphatic rings. The van der Waals surface area contributed by atoms with Crippen molar-refractivity contribution < 1.29 is 8.42 Å². The average molecular weight is 217 g/mol. The first kappa shape index (κ1) is 10.4. The maximum Gasteiger partial charge on any atom is 0.150 e. The first-order chi connectivity index (χ1) is 6.55. The lowest BCUT2D eigenvalue weighted by molar-refractivity contribution is 0.217. The molecule has 0 amide bonds. The zero-order valence-corrected chi connectivity index (χ0v) is 9.52. The van der Waals surface area contributed by atoms with Crippen molar-refractivity contribution in [1.82, 2.24) is 5.32 Å². The topological polar surface area (TPSA) is 46.2 Å². The number of rotatable bonds is 2. The Bertz CT molecular complexity index is 279. The summed E-state index contributed by atoms with van der Waals surface area (Å²) in [6, 6.07) is 1.12. The summed E-state index contributed by atoms with van der Waals surface area (Å²) in [6.07, 6.45) is 4.16. The molecule has 1 saturated heterocycles. The van der Waals surface area contributed by atoms with Crippen LogP contribution in [-0.4, -0.2) is 32.0 Å². The standard InChI is InChI=1S/C10H19NO2S/c1-8-6-10(7-8)11-9-2-4-14(12,13)5-3-9/h8-11H,2-7H2,1H3. The van der Waals surface area contributed by atoms with E-state index in [1.165, 1.54) is 12.8 Å². The molecule has 2 fully saturated rings. The molecule has 0 aromatic rings. The quantitative estimate of drug-likeness (QED) is 0.749. The molecule has 0 radical (unpaired) electrons. The van der Waals surface area contributed by atoms with Crippen molar-refractivity contribution >= 4 is 9.84 Å². The molecule has 1 aliphatic heterocycles. The predicted octanol–water partition coefficient (Wildman–Crippen LogP) is 0.952. The molecular formula is C10H19NO2S. The molecule has 0 atom stereocenters. The van der Waals surface area contributed by atoms with Crippen LogP contribution in [0.4, 0.5) is 0 Å². The molecule has 1 aliphatic carbocycles. The van der Waals surface area contributed by atoms with E-state index in [4.69, 9.17) is 0 Å². The highest BCUT2D eigenvalue weighted by molar-refractivity contribution is 7.91. The van der Waals surface area contributed by atoms with Crippen LogP contribution in [0.2, 0.25) is 0 Å². The van der Waals surface area contributed by atoms with Crippen molar-refractivity contribution in [3.05, 3.63) is 0 Å². The second-order valence-electron chi connectivity index (χ2n) is 4.87. The third kappa shape index (κ3) is 2.48. The number of hydrogen-bond acceptors (Lipinski definition) is 3. The summed E-state index contributed by atoms with van der Waals surface area (Å²) in [5.74, 6) is 1.62. The van der Waals surface area contributed by atoms with Gasteiger partial charge in [-0.3, -0.25) is 0 Å². The molecule has 4 heteroatoms. The van der Waals surface area contributed by atoms with Crippen LogP contribution >= 0.6 is 0 Å². The largest absolute Gasteiger partial charge is 0.311 e. The van der Waals surface area contributed by atoms with Gasteiger partial charge in [0.15, 0.2) is 0 Å². The van der Waals surface area contributed by atoms with E-state index in [9.17, 15) is 8.42 Å². The monoisotopic (exact) mass is 217 g/mol. The maximum atomic E-state index is 11.2. The summed E-state index contributed by atoms with van der Waals surface area (Å²) in [4.78, 5) is 0.